The van der Waals surface area contributed by atoms with Crippen LogP contribution in [0.25, 0.3) is 0 Å². The van der Waals surface area contributed by atoms with Crippen LogP contribution in [-0.2, 0) is 0 Å². The molecule has 0 atom stereocenters. The third kappa shape index (κ3) is 2.25. The first-order valence-electron chi connectivity index (χ1n) is 5.49. The molecule has 0 aliphatic carbocycles. The van der Waals surface area contributed by atoms with Crippen LogP contribution in [0, 0.1) is 26.6 Å². The van der Waals surface area contributed by atoms with Crippen LogP contribution >= 0.6 is 0 Å². The summed E-state index contributed by atoms with van der Waals surface area (Å²) in [4.78, 5) is 11.9. The first kappa shape index (κ1) is 12.3. The molecule has 0 spiro atoms. The van der Waals surface area contributed by atoms with Gasteiger partial charge in [0.25, 0.3) is 5.91 Å². The van der Waals surface area contributed by atoms with Crippen LogP contribution in [0.15, 0.2) is 22.7 Å². The highest BCUT2D eigenvalue weighted by Gasteiger charge is 2.13. The lowest BCUT2D eigenvalue weighted by atomic mass is 10.1. The van der Waals surface area contributed by atoms with Crippen molar-refractivity contribution in [3.63, 3.8) is 0 Å². The van der Waals surface area contributed by atoms with E-state index in [2.05, 4.69) is 10.5 Å². The lowest BCUT2D eigenvalue weighted by Gasteiger charge is -2.04. The second-order valence-electron chi connectivity index (χ2n) is 4.14. The molecule has 18 heavy (non-hydrogen) atoms. The van der Waals surface area contributed by atoms with E-state index in [9.17, 15) is 9.18 Å². The summed E-state index contributed by atoms with van der Waals surface area (Å²) >= 11 is 0. The number of amides is 1. The maximum atomic E-state index is 13.1. The molecule has 2 aromatic rings. The van der Waals surface area contributed by atoms with Crippen LogP contribution in [-0.4, -0.2) is 11.1 Å². The summed E-state index contributed by atoms with van der Waals surface area (Å²) in [5.41, 5.74) is 2.30. The number of nitrogens with zero attached hydrogens (tertiary/aromatic N) is 1. The highest BCUT2D eigenvalue weighted by atomic mass is 19.1. The first-order chi connectivity index (χ1) is 8.49. The summed E-state index contributed by atoms with van der Waals surface area (Å²) in [6.45, 7) is 5.20. The molecule has 5 heteroatoms. The van der Waals surface area contributed by atoms with Gasteiger partial charge in [-0.2, -0.15) is 0 Å². The lowest BCUT2D eigenvalue weighted by molar-refractivity contribution is 0.102. The molecule has 1 amide bonds. The molecule has 0 saturated carbocycles. The number of aryl methyl sites for hydroxylation is 2. The largest absolute Gasteiger partial charge is 0.338 e. The summed E-state index contributed by atoms with van der Waals surface area (Å²) in [6.07, 6.45) is 0. The van der Waals surface area contributed by atoms with Crippen LogP contribution in [0.3, 0.4) is 0 Å². The third-order valence-electron chi connectivity index (χ3n) is 2.80. The highest BCUT2D eigenvalue weighted by Crippen LogP contribution is 2.18. The van der Waals surface area contributed by atoms with Gasteiger partial charge in [0.1, 0.15) is 5.82 Å². The molecule has 0 unspecified atom stereocenters. The average Bonchev–Trinajstić information content (AvgIpc) is 2.64. The quantitative estimate of drug-likeness (QED) is 0.888. The Morgan fingerprint density at radius 3 is 2.61 bits per heavy atom. The predicted octanol–water partition coefficient (Wildman–Crippen LogP) is 2.99. The predicted molar refractivity (Wildman–Crippen MR) is 65.1 cm³/mol. The molecule has 0 aliphatic rings. The maximum absolute atomic E-state index is 13.1. The summed E-state index contributed by atoms with van der Waals surface area (Å²) in [7, 11) is 0. The fourth-order valence-corrected chi connectivity index (χ4v) is 1.49. The van der Waals surface area contributed by atoms with E-state index in [1.165, 1.54) is 18.2 Å². The Hall–Kier alpha value is -2.17. The van der Waals surface area contributed by atoms with Gasteiger partial charge in [-0.1, -0.05) is 5.16 Å². The summed E-state index contributed by atoms with van der Waals surface area (Å²) in [5.74, 6) is -0.366. The molecule has 0 radical (unpaired) electrons. The number of nitrogens with one attached hydrogen (secondary N) is 1. The Kier molecular flexibility index (Phi) is 3.14. The van der Waals surface area contributed by atoms with E-state index in [0.29, 0.717) is 17.0 Å². The molecule has 1 aromatic carbocycles. The minimum Gasteiger partial charge on any atom is -0.338 e. The Balaban J connectivity index is 2.22. The number of aromatic nitrogens is 1. The Bertz CT molecular complexity index is 605. The SMILES string of the molecule is Cc1cc(C(=O)Nc2onc(C)c2C)ccc1F. The average molecular weight is 248 g/mol. The standard InChI is InChI=1S/C13H13FN2O2/c1-7-6-10(4-5-11(7)14)12(17)15-13-8(2)9(3)16-18-13/h4-6H,1-3H3,(H,15,17). The summed E-state index contributed by atoms with van der Waals surface area (Å²) < 4.78 is 18.1. The molecule has 1 aromatic heterocycles. The molecule has 0 aliphatic heterocycles. The van der Waals surface area contributed by atoms with Crippen molar-refractivity contribution in [3.05, 3.63) is 46.4 Å². The van der Waals surface area contributed by atoms with Crippen molar-refractivity contribution >= 4 is 11.8 Å². The topological polar surface area (TPSA) is 55.1 Å². The highest BCUT2D eigenvalue weighted by molar-refractivity contribution is 6.03. The molecular formula is C13H13FN2O2. The van der Waals surface area contributed by atoms with Gasteiger partial charge < -0.3 is 4.52 Å². The Morgan fingerprint density at radius 1 is 1.33 bits per heavy atom. The van der Waals surface area contributed by atoms with Crippen LogP contribution in [0.4, 0.5) is 10.3 Å². The smallest absolute Gasteiger partial charge is 0.258 e. The third-order valence-corrected chi connectivity index (χ3v) is 2.80. The zero-order valence-electron chi connectivity index (χ0n) is 10.4. The van der Waals surface area contributed by atoms with E-state index < -0.39 is 0 Å². The fourth-order valence-electron chi connectivity index (χ4n) is 1.49. The number of hydrogen-bond donors (Lipinski definition) is 1. The van der Waals surface area contributed by atoms with E-state index >= 15 is 0 Å². The first-order valence-corrected chi connectivity index (χ1v) is 5.49. The van der Waals surface area contributed by atoms with Crippen LogP contribution in [0.5, 0.6) is 0 Å². The number of rotatable bonds is 2. The van der Waals surface area contributed by atoms with Crippen molar-refractivity contribution in [1.82, 2.24) is 5.16 Å². The van der Waals surface area contributed by atoms with Crippen LogP contribution in [0.2, 0.25) is 0 Å². The van der Waals surface area contributed by atoms with Gasteiger partial charge in [-0.3, -0.25) is 10.1 Å². The molecule has 0 saturated heterocycles. The van der Waals surface area contributed by atoms with Gasteiger partial charge in [0.05, 0.1) is 5.69 Å². The fraction of sp³-hybridized carbons (Fsp3) is 0.231. The lowest BCUT2D eigenvalue weighted by Crippen LogP contribution is -2.12. The second kappa shape index (κ2) is 4.60. The normalized spacial score (nSPS) is 10.4. The second-order valence-corrected chi connectivity index (χ2v) is 4.14. The van der Waals surface area contributed by atoms with Gasteiger partial charge in [0.15, 0.2) is 0 Å². The van der Waals surface area contributed by atoms with E-state index in [0.717, 1.165) is 11.3 Å². The van der Waals surface area contributed by atoms with Crippen molar-refractivity contribution in [2.24, 2.45) is 0 Å². The molecule has 2 rings (SSSR count). The Labute approximate surface area is 104 Å². The van der Waals surface area contributed by atoms with Gasteiger partial charge >= 0.3 is 0 Å². The number of carbonyl (C=O) groups is 1. The zero-order chi connectivity index (χ0) is 13.3. The van der Waals surface area contributed by atoms with Crippen molar-refractivity contribution in [1.29, 1.82) is 0 Å². The van der Waals surface area contributed by atoms with Gasteiger partial charge in [0.2, 0.25) is 5.88 Å². The van der Waals surface area contributed by atoms with E-state index in [4.69, 9.17) is 4.52 Å². The number of halogens is 1. The van der Waals surface area contributed by atoms with Gasteiger partial charge in [-0.25, -0.2) is 4.39 Å². The van der Waals surface area contributed by atoms with E-state index in [1.807, 2.05) is 0 Å². The van der Waals surface area contributed by atoms with Crippen molar-refractivity contribution < 1.29 is 13.7 Å². The van der Waals surface area contributed by atoms with E-state index in [1.54, 1.807) is 20.8 Å². The minimum absolute atomic E-state index is 0.319. The van der Waals surface area contributed by atoms with Crippen molar-refractivity contribution in [2.45, 2.75) is 20.8 Å². The number of benzene rings is 1. The molecule has 4 nitrogen and oxygen atoms in total. The van der Waals surface area contributed by atoms with Gasteiger partial charge in [-0.05, 0) is 44.5 Å². The van der Waals surface area contributed by atoms with Gasteiger partial charge in [-0.15, -0.1) is 0 Å². The molecule has 94 valence electrons. The van der Waals surface area contributed by atoms with E-state index in [-0.39, 0.29) is 11.7 Å². The molecule has 1 heterocycles. The summed E-state index contributed by atoms with van der Waals surface area (Å²) in [5, 5.41) is 6.35. The zero-order valence-corrected chi connectivity index (χ0v) is 10.4. The molecule has 0 fully saturated rings. The van der Waals surface area contributed by atoms with Crippen molar-refractivity contribution in [2.75, 3.05) is 5.32 Å². The number of carbonyl (C=O) groups excluding carboxylic acids is 1. The monoisotopic (exact) mass is 248 g/mol. The van der Waals surface area contributed by atoms with Crippen LogP contribution < -0.4 is 5.32 Å². The number of anilines is 1. The summed E-state index contributed by atoms with van der Waals surface area (Å²) in [6, 6.07) is 4.18. The van der Waals surface area contributed by atoms with Crippen LogP contribution in [0.1, 0.15) is 27.2 Å². The molecule has 1 N–H and O–H groups in total. The molecular weight excluding hydrogens is 235 g/mol. The van der Waals surface area contributed by atoms with Crippen molar-refractivity contribution in [3.8, 4) is 0 Å². The number of hydrogen-bond acceptors (Lipinski definition) is 3. The molecule has 0 bridgehead atoms. The maximum Gasteiger partial charge on any atom is 0.258 e. The minimum atomic E-state index is -0.350. The van der Waals surface area contributed by atoms with Gasteiger partial charge in [0, 0.05) is 11.1 Å². The Morgan fingerprint density at radius 2 is 2.06 bits per heavy atom.